The molecule has 1 amide bonds. The van der Waals surface area contributed by atoms with E-state index in [1.54, 1.807) is 7.05 Å². The summed E-state index contributed by atoms with van der Waals surface area (Å²) in [6.45, 7) is 0.366. The Labute approximate surface area is 114 Å². The van der Waals surface area contributed by atoms with Crippen molar-refractivity contribution in [1.82, 2.24) is 4.90 Å². The van der Waals surface area contributed by atoms with Crippen molar-refractivity contribution in [2.24, 2.45) is 5.41 Å². The molecule has 5 heteroatoms. The van der Waals surface area contributed by atoms with Gasteiger partial charge in [0.25, 0.3) is 0 Å². The molecule has 0 aromatic rings. The van der Waals surface area contributed by atoms with Gasteiger partial charge in [-0.05, 0) is 12.8 Å². The summed E-state index contributed by atoms with van der Waals surface area (Å²) in [5, 5.41) is 18.0. The Morgan fingerprint density at radius 1 is 1.26 bits per heavy atom. The summed E-state index contributed by atoms with van der Waals surface area (Å²) in [6.07, 6.45) is 5.36. The van der Waals surface area contributed by atoms with Gasteiger partial charge in [-0.25, -0.2) is 0 Å². The fourth-order valence-corrected chi connectivity index (χ4v) is 2.64. The van der Waals surface area contributed by atoms with E-state index >= 15 is 0 Å². The van der Waals surface area contributed by atoms with Crippen LogP contribution < -0.4 is 0 Å². The monoisotopic (exact) mass is 266 g/mol. The van der Waals surface area contributed by atoms with Crippen LogP contribution in [0.4, 0.5) is 0 Å². The summed E-state index contributed by atoms with van der Waals surface area (Å²) in [5.74, 6) is -1.02. The second kappa shape index (κ2) is 7.13. The molecule has 1 fully saturated rings. The van der Waals surface area contributed by atoms with E-state index in [1.807, 2.05) is 6.07 Å². The molecular weight excluding hydrogens is 244 g/mol. The summed E-state index contributed by atoms with van der Waals surface area (Å²) in [6, 6.07) is 1.99. The number of hydrogen-bond donors (Lipinski definition) is 1. The van der Waals surface area contributed by atoms with Gasteiger partial charge in [0.15, 0.2) is 0 Å². The second-order valence-electron chi connectivity index (χ2n) is 5.40. The SMILES string of the molecule is CN(CCC#N)C(=O)CC1(C(=O)O)CCCCCC1. The third-order valence-electron chi connectivity index (χ3n) is 3.99. The van der Waals surface area contributed by atoms with E-state index in [-0.39, 0.29) is 18.7 Å². The molecule has 0 heterocycles. The van der Waals surface area contributed by atoms with Crippen LogP contribution in [0.5, 0.6) is 0 Å². The van der Waals surface area contributed by atoms with Crippen molar-refractivity contribution in [1.29, 1.82) is 5.26 Å². The Hall–Kier alpha value is -1.57. The van der Waals surface area contributed by atoms with E-state index in [2.05, 4.69) is 0 Å². The molecule has 0 saturated heterocycles. The normalized spacial score (nSPS) is 18.1. The van der Waals surface area contributed by atoms with Crippen molar-refractivity contribution in [2.45, 2.75) is 51.4 Å². The van der Waals surface area contributed by atoms with Gasteiger partial charge in [-0.3, -0.25) is 9.59 Å². The lowest BCUT2D eigenvalue weighted by atomic mass is 9.77. The van der Waals surface area contributed by atoms with Crippen LogP contribution in [0.15, 0.2) is 0 Å². The molecule has 0 bridgehead atoms. The van der Waals surface area contributed by atoms with Gasteiger partial charge >= 0.3 is 5.97 Å². The topological polar surface area (TPSA) is 81.4 Å². The third kappa shape index (κ3) is 4.23. The lowest BCUT2D eigenvalue weighted by Gasteiger charge is -2.29. The minimum Gasteiger partial charge on any atom is -0.481 e. The van der Waals surface area contributed by atoms with Crippen molar-refractivity contribution in [3.05, 3.63) is 0 Å². The maximum atomic E-state index is 12.1. The first-order valence-electron chi connectivity index (χ1n) is 6.86. The number of hydrogen-bond acceptors (Lipinski definition) is 3. The van der Waals surface area contributed by atoms with Gasteiger partial charge in [-0.1, -0.05) is 25.7 Å². The number of rotatable bonds is 5. The lowest BCUT2D eigenvalue weighted by Crippen LogP contribution is -2.38. The molecule has 106 valence electrons. The molecule has 1 N–H and O–H groups in total. The first kappa shape index (κ1) is 15.5. The van der Waals surface area contributed by atoms with Crippen LogP contribution in [0.2, 0.25) is 0 Å². The van der Waals surface area contributed by atoms with Crippen molar-refractivity contribution >= 4 is 11.9 Å². The van der Waals surface area contributed by atoms with Crippen LogP contribution in [0.3, 0.4) is 0 Å². The van der Waals surface area contributed by atoms with Crippen LogP contribution in [-0.2, 0) is 9.59 Å². The van der Waals surface area contributed by atoms with Gasteiger partial charge in [0.2, 0.25) is 5.91 Å². The molecule has 0 aromatic carbocycles. The Bertz CT molecular complexity index is 365. The van der Waals surface area contributed by atoms with Gasteiger partial charge in [0.1, 0.15) is 0 Å². The number of nitriles is 1. The number of amides is 1. The molecular formula is C14H22N2O3. The van der Waals surface area contributed by atoms with Gasteiger partial charge in [0.05, 0.1) is 17.9 Å². The number of aliphatic carboxylic acids is 1. The Morgan fingerprint density at radius 3 is 2.32 bits per heavy atom. The first-order chi connectivity index (χ1) is 9.02. The van der Waals surface area contributed by atoms with Gasteiger partial charge in [0, 0.05) is 20.0 Å². The summed E-state index contributed by atoms with van der Waals surface area (Å²) < 4.78 is 0. The van der Waals surface area contributed by atoms with Crippen LogP contribution in [0.25, 0.3) is 0 Å². The van der Waals surface area contributed by atoms with E-state index in [4.69, 9.17) is 5.26 Å². The maximum Gasteiger partial charge on any atom is 0.310 e. The molecule has 19 heavy (non-hydrogen) atoms. The van der Waals surface area contributed by atoms with Crippen LogP contribution in [0.1, 0.15) is 51.4 Å². The molecule has 1 saturated carbocycles. The predicted octanol–water partition coefficient (Wildman–Crippen LogP) is 2.17. The second-order valence-corrected chi connectivity index (χ2v) is 5.40. The fraction of sp³-hybridized carbons (Fsp3) is 0.786. The molecule has 5 nitrogen and oxygen atoms in total. The highest BCUT2D eigenvalue weighted by atomic mass is 16.4. The maximum absolute atomic E-state index is 12.1. The van der Waals surface area contributed by atoms with E-state index in [1.165, 1.54) is 4.90 Å². The summed E-state index contributed by atoms with van der Waals surface area (Å²) in [4.78, 5) is 25.1. The van der Waals surface area contributed by atoms with E-state index in [9.17, 15) is 14.7 Å². The molecule has 1 aliphatic carbocycles. The molecule has 0 aliphatic heterocycles. The number of nitrogens with zero attached hydrogens (tertiary/aromatic N) is 2. The standard InChI is InChI=1S/C14H22N2O3/c1-16(10-6-9-15)12(17)11-14(13(18)19)7-4-2-3-5-8-14/h2-8,10-11H2,1H3,(H,18,19). The van der Waals surface area contributed by atoms with Crippen molar-refractivity contribution in [3.8, 4) is 6.07 Å². The Balaban J connectivity index is 2.70. The average Bonchev–Trinajstić information content (AvgIpc) is 2.62. The van der Waals surface area contributed by atoms with Crippen molar-refractivity contribution in [2.75, 3.05) is 13.6 Å². The Morgan fingerprint density at radius 2 is 1.84 bits per heavy atom. The van der Waals surface area contributed by atoms with Crippen LogP contribution in [0, 0.1) is 16.7 Å². The minimum atomic E-state index is -0.894. The van der Waals surface area contributed by atoms with Crippen molar-refractivity contribution in [3.63, 3.8) is 0 Å². The molecule has 0 spiro atoms. The predicted molar refractivity (Wildman–Crippen MR) is 70.3 cm³/mol. The van der Waals surface area contributed by atoms with Gasteiger partial charge in [-0.2, -0.15) is 5.26 Å². The zero-order valence-corrected chi connectivity index (χ0v) is 11.5. The minimum absolute atomic E-state index is 0.0598. The molecule has 1 aliphatic rings. The third-order valence-corrected chi connectivity index (χ3v) is 3.99. The quantitative estimate of drug-likeness (QED) is 0.773. The molecule has 1 rings (SSSR count). The summed E-state index contributed by atoms with van der Waals surface area (Å²) in [7, 11) is 1.63. The smallest absolute Gasteiger partial charge is 0.310 e. The first-order valence-corrected chi connectivity index (χ1v) is 6.86. The number of carbonyl (C=O) groups excluding carboxylic acids is 1. The average molecular weight is 266 g/mol. The summed E-state index contributed by atoms with van der Waals surface area (Å²) in [5.41, 5.74) is -0.894. The number of carboxylic acids is 1. The fourth-order valence-electron chi connectivity index (χ4n) is 2.64. The largest absolute Gasteiger partial charge is 0.481 e. The summed E-state index contributed by atoms with van der Waals surface area (Å²) >= 11 is 0. The number of carboxylic acid groups (broad SMARTS) is 1. The highest BCUT2D eigenvalue weighted by Gasteiger charge is 2.41. The zero-order chi connectivity index (χ0) is 14.3. The van der Waals surface area contributed by atoms with E-state index in [0.29, 0.717) is 19.4 Å². The molecule has 0 aromatic heterocycles. The molecule has 0 unspecified atom stereocenters. The van der Waals surface area contributed by atoms with Crippen LogP contribution in [-0.4, -0.2) is 35.5 Å². The van der Waals surface area contributed by atoms with Crippen molar-refractivity contribution < 1.29 is 14.7 Å². The van der Waals surface area contributed by atoms with Gasteiger partial charge < -0.3 is 10.0 Å². The zero-order valence-electron chi connectivity index (χ0n) is 11.5. The Kier molecular flexibility index (Phi) is 5.81. The lowest BCUT2D eigenvalue weighted by molar-refractivity contribution is -0.154. The highest BCUT2D eigenvalue weighted by molar-refractivity contribution is 5.85. The van der Waals surface area contributed by atoms with Crippen LogP contribution >= 0.6 is 0 Å². The van der Waals surface area contributed by atoms with E-state index < -0.39 is 11.4 Å². The highest BCUT2D eigenvalue weighted by Crippen LogP contribution is 2.38. The number of carbonyl (C=O) groups is 2. The van der Waals surface area contributed by atoms with Gasteiger partial charge in [-0.15, -0.1) is 0 Å². The van der Waals surface area contributed by atoms with E-state index in [0.717, 1.165) is 25.7 Å². The molecule has 0 radical (unpaired) electrons. The molecule has 0 atom stereocenters.